The van der Waals surface area contributed by atoms with E-state index in [0.29, 0.717) is 18.2 Å². The van der Waals surface area contributed by atoms with Crippen LogP contribution in [0.4, 0.5) is 17.5 Å². The van der Waals surface area contributed by atoms with Crippen molar-refractivity contribution in [2.45, 2.75) is 0 Å². The maximum absolute atomic E-state index is 5.71. The Kier molecular flexibility index (Phi) is 3.29. The van der Waals surface area contributed by atoms with Crippen molar-refractivity contribution in [3.05, 3.63) is 0 Å². The van der Waals surface area contributed by atoms with Crippen molar-refractivity contribution in [2.24, 2.45) is 0 Å². The molecule has 0 aliphatic rings. The third-order valence-electron chi connectivity index (χ3n) is 1.52. The van der Waals surface area contributed by atoms with Gasteiger partial charge in [-0.15, -0.1) is 0 Å². The number of ether oxygens (including phenoxy) is 1. The van der Waals surface area contributed by atoms with Gasteiger partial charge in [0.1, 0.15) is 12.4 Å². The van der Waals surface area contributed by atoms with Gasteiger partial charge in [0.25, 0.3) is 0 Å². The van der Waals surface area contributed by atoms with Crippen LogP contribution in [0.5, 0.6) is 5.88 Å². The third-order valence-corrected chi connectivity index (χ3v) is 1.52. The smallest absolute Gasteiger partial charge is 0.245 e. The van der Waals surface area contributed by atoms with E-state index in [0.717, 1.165) is 0 Å². The molecule has 0 spiro atoms. The summed E-state index contributed by atoms with van der Waals surface area (Å²) < 4.78 is 5.20. The zero-order chi connectivity index (χ0) is 10.6. The summed E-state index contributed by atoms with van der Waals surface area (Å²) in [7, 11) is 3.44. The second-order valence-corrected chi connectivity index (χ2v) is 2.54. The molecule has 0 radical (unpaired) electrons. The van der Waals surface area contributed by atoms with E-state index in [1.54, 1.807) is 14.1 Å². The molecule has 1 rings (SSSR count). The Morgan fingerprint density at radius 2 is 2.00 bits per heavy atom. The predicted octanol–water partition coefficient (Wildman–Crippen LogP) is -0.762. The van der Waals surface area contributed by atoms with Crippen LogP contribution in [-0.4, -0.2) is 30.8 Å². The molecule has 0 saturated heterocycles. The molecular formula is C7H14N6O. The zero-order valence-electron chi connectivity index (χ0n) is 8.16. The van der Waals surface area contributed by atoms with Gasteiger partial charge in [0.05, 0.1) is 0 Å². The topological polar surface area (TPSA) is 111 Å². The quantitative estimate of drug-likeness (QED) is 0.470. The van der Waals surface area contributed by atoms with Crippen LogP contribution in [0.3, 0.4) is 0 Å². The molecule has 0 aliphatic heterocycles. The van der Waals surface area contributed by atoms with Crippen molar-refractivity contribution in [2.75, 3.05) is 37.6 Å². The molecule has 1 heterocycles. The van der Waals surface area contributed by atoms with Crippen LogP contribution in [0, 0.1) is 0 Å². The largest absolute Gasteiger partial charge is 0.460 e. The summed E-state index contributed by atoms with van der Waals surface area (Å²) in [6.45, 7) is 0.309. The number of nitrogens with two attached hydrogens (primary N) is 2. The van der Waals surface area contributed by atoms with Gasteiger partial charge in [0.15, 0.2) is 5.82 Å². The third kappa shape index (κ3) is 2.13. The molecule has 0 fully saturated rings. The number of aromatic nitrogens is 2. The Hall–Kier alpha value is -1.76. The van der Waals surface area contributed by atoms with Crippen LogP contribution in [0.2, 0.25) is 0 Å². The monoisotopic (exact) mass is 198 g/mol. The first kappa shape index (κ1) is 10.3. The van der Waals surface area contributed by atoms with Gasteiger partial charge in [-0.05, 0) is 7.05 Å². The molecule has 0 atom stereocenters. The van der Waals surface area contributed by atoms with Gasteiger partial charge >= 0.3 is 0 Å². The van der Waals surface area contributed by atoms with Gasteiger partial charge in [-0.3, -0.25) is 5.32 Å². The summed E-state index contributed by atoms with van der Waals surface area (Å²) >= 11 is 0. The van der Waals surface area contributed by atoms with Gasteiger partial charge in [-0.1, -0.05) is 0 Å². The number of nitrogens with zero attached hydrogens (tertiary/aromatic N) is 2. The molecule has 0 aliphatic carbocycles. The summed E-state index contributed by atoms with van der Waals surface area (Å²) in [6, 6.07) is 0. The normalized spacial score (nSPS) is 9.86. The van der Waals surface area contributed by atoms with E-state index in [1.807, 2.05) is 0 Å². The van der Waals surface area contributed by atoms with E-state index in [9.17, 15) is 0 Å². The molecule has 0 unspecified atom stereocenters. The van der Waals surface area contributed by atoms with Crippen LogP contribution in [-0.2, 0) is 0 Å². The Morgan fingerprint density at radius 3 is 2.57 bits per heavy atom. The molecule has 1 aromatic heterocycles. The maximum Gasteiger partial charge on any atom is 0.245 e. The average Bonchev–Trinajstić information content (AvgIpc) is 2.18. The van der Waals surface area contributed by atoms with Crippen LogP contribution in [0.15, 0.2) is 0 Å². The van der Waals surface area contributed by atoms with Crippen LogP contribution < -0.4 is 26.8 Å². The number of hydrogen-bond donors (Lipinski definition) is 4. The van der Waals surface area contributed by atoms with Crippen molar-refractivity contribution in [3.63, 3.8) is 0 Å². The summed E-state index contributed by atoms with van der Waals surface area (Å²) in [4.78, 5) is 7.75. The highest BCUT2D eigenvalue weighted by atomic mass is 16.5. The molecule has 78 valence electrons. The van der Waals surface area contributed by atoms with Gasteiger partial charge < -0.3 is 21.5 Å². The number of nitrogen functional groups attached to an aromatic ring is 2. The fourth-order valence-corrected chi connectivity index (χ4v) is 0.906. The minimum absolute atomic E-state index is 0.120. The highest BCUT2D eigenvalue weighted by Crippen LogP contribution is 2.25. The number of nitrogens with one attached hydrogen (secondary N) is 2. The Labute approximate surface area is 81.9 Å². The average molecular weight is 198 g/mol. The molecule has 7 nitrogen and oxygen atoms in total. The summed E-state index contributed by atoms with van der Waals surface area (Å²) in [6.07, 6.45) is 0. The van der Waals surface area contributed by atoms with Crippen molar-refractivity contribution < 1.29 is 4.74 Å². The zero-order valence-corrected chi connectivity index (χ0v) is 8.16. The number of anilines is 3. The van der Waals surface area contributed by atoms with Crippen molar-refractivity contribution in [1.29, 1.82) is 0 Å². The van der Waals surface area contributed by atoms with Crippen molar-refractivity contribution >= 4 is 17.5 Å². The minimum Gasteiger partial charge on any atom is -0.460 e. The van der Waals surface area contributed by atoms with Crippen LogP contribution >= 0.6 is 0 Å². The van der Waals surface area contributed by atoms with E-state index < -0.39 is 0 Å². The minimum atomic E-state index is 0.120. The fraction of sp³-hybridized carbons (Fsp3) is 0.429. The van der Waals surface area contributed by atoms with Crippen LogP contribution in [0.25, 0.3) is 0 Å². The number of rotatable bonds is 4. The molecule has 6 N–H and O–H groups in total. The van der Waals surface area contributed by atoms with Gasteiger partial charge in [-0.25, -0.2) is 0 Å². The van der Waals surface area contributed by atoms with Gasteiger partial charge in [0.2, 0.25) is 11.8 Å². The summed E-state index contributed by atoms with van der Waals surface area (Å²) in [5, 5.41) is 5.60. The van der Waals surface area contributed by atoms with E-state index in [4.69, 9.17) is 16.2 Å². The number of hydrogen-bond acceptors (Lipinski definition) is 7. The van der Waals surface area contributed by atoms with E-state index in [2.05, 4.69) is 20.6 Å². The lowest BCUT2D eigenvalue weighted by Gasteiger charge is -2.10. The molecule has 0 bridgehead atoms. The second kappa shape index (κ2) is 4.47. The Balaban J connectivity index is 2.96. The first-order valence-corrected chi connectivity index (χ1v) is 4.07. The van der Waals surface area contributed by atoms with E-state index in [1.165, 1.54) is 0 Å². The lowest BCUT2D eigenvalue weighted by Crippen LogP contribution is -2.17. The highest BCUT2D eigenvalue weighted by molar-refractivity contribution is 5.68. The van der Waals surface area contributed by atoms with E-state index >= 15 is 0 Å². The summed E-state index contributed by atoms with van der Waals surface area (Å²) in [5.74, 6) is 0.856. The van der Waals surface area contributed by atoms with Crippen molar-refractivity contribution in [3.8, 4) is 5.88 Å². The first-order chi connectivity index (χ1) is 6.69. The van der Waals surface area contributed by atoms with Gasteiger partial charge in [0, 0.05) is 7.05 Å². The maximum atomic E-state index is 5.71. The Morgan fingerprint density at radius 1 is 1.29 bits per heavy atom. The summed E-state index contributed by atoms with van der Waals surface area (Å²) in [5.41, 5.74) is 11.5. The first-order valence-electron chi connectivity index (χ1n) is 4.07. The molecule has 1 aromatic rings. The predicted molar refractivity (Wildman–Crippen MR) is 55.0 cm³/mol. The van der Waals surface area contributed by atoms with E-state index in [-0.39, 0.29) is 11.8 Å². The standard InChI is InChI=1S/C7H14N6O/c1-10-3-14-6-4(8)5(11-2)12-7(9)13-6/h10H,3,8H2,1-2H3,(H3,9,11,12,13). The Bertz CT molecular complexity index is 315. The molecule has 0 amide bonds. The lowest BCUT2D eigenvalue weighted by atomic mass is 10.4. The molecular weight excluding hydrogens is 184 g/mol. The fourth-order valence-electron chi connectivity index (χ4n) is 0.906. The molecule has 7 heteroatoms. The van der Waals surface area contributed by atoms with Gasteiger partial charge in [-0.2, -0.15) is 9.97 Å². The lowest BCUT2D eigenvalue weighted by molar-refractivity contribution is 0.287. The molecule has 14 heavy (non-hydrogen) atoms. The highest BCUT2D eigenvalue weighted by Gasteiger charge is 2.09. The molecule has 0 aromatic carbocycles. The van der Waals surface area contributed by atoms with Crippen LogP contribution in [0.1, 0.15) is 0 Å². The van der Waals surface area contributed by atoms with Crippen molar-refractivity contribution in [1.82, 2.24) is 15.3 Å². The SMILES string of the molecule is CNCOc1nc(N)nc(NC)c1N. The second-order valence-electron chi connectivity index (χ2n) is 2.54. The molecule has 0 saturated carbocycles.